The average Bonchev–Trinajstić information content (AvgIpc) is 3.03. The molecule has 0 aliphatic heterocycles. The lowest BCUT2D eigenvalue weighted by atomic mass is 9.74. The first-order chi connectivity index (χ1) is 13.1. The van der Waals surface area contributed by atoms with Crippen LogP contribution in [0.1, 0.15) is 74.8 Å². The molecule has 2 N–H and O–H groups in total. The van der Waals surface area contributed by atoms with Gasteiger partial charge < -0.3 is 10.3 Å². The van der Waals surface area contributed by atoms with Gasteiger partial charge in [0.25, 0.3) is 5.91 Å². The first-order valence-corrected chi connectivity index (χ1v) is 9.74. The number of nitrogens with zero attached hydrogens (tertiary/aromatic N) is 3. The summed E-state index contributed by atoms with van der Waals surface area (Å²) < 4.78 is 0. The molecule has 0 bridgehead atoms. The van der Waals surface area contributed by atoms with Crippen LogP contribution >= 0.6 is 0 Å². The predicted molar refractivity (Wildman–Crippen MR) is 109 cm³/mol. The number of fused-ring (bicyclic) bond motifs is 2. The van der Waals surface area contributed by atoms with Crippen LogP contribution in [0.5, 0.6) is 0 Å². The predicted octanol–water partition coefficient (Wildman–Crippen LogP) is 4.09. The molecule has 1 aliphatic carbocycles. The molecule has 0 saturated heterocycles. The van der Waals surface area contributed by atoms with Gasteiger partial charge in [0.1, 0.15) is 5.82 Å². The second-order valence-corrected chi connectivity index (χ2v) is 9.52. The van der Waals surface area contributed by atoms with Crippen molar-refractivity contribution >= 4 is 16.9 Å². The molecule has 1 atom stereocenters. The molecular formula is C22H27N5O. The molecule has 0 radical (unpaired) electrons. The number of H-pyrrole nitrogens is 1. The molecule has 0 unspecified atom stereocenters. The van der Waals surface area contributed by atoms with E-state index in [1.807, 2.05) is 30.5 Å². The van der Waals surface area contributed by atoms with Gasteiger partial charge in [0.15, 0.2) is 5.82 Å². The van der Waals surface area contributed by atoms with Gasteiger partial charge in [-0.15, -0.1) is 0 Å². The van der Waals surface area contributed by atoms with E-state index >= 15 is 0 Å². The highest BCUT2D eigenvalue weighted by Gasteiger charge is 2.35. The number of para-hydroxylation sites is 2. The van der Waals surface area contributed by atoms with Crippen molar-refractivity contribution in [3.63, 3.8) is 0 Å². The fourth-order valence-corrected chi connectivity index (χ4v) is 3.82. The Kier molecular flexibility index (Phi) is 4.25. The number of carbonyl (C=O) groups is 1. The van der Waals surface area contributed by atoms with E-state index in [2.05, 4.69) is 54.9 Å². The van der Waals surface area contributed by atoms with E-state index < -0.39 is 0 Å². The van der Waals surface area contributed by atoms with Crippen molar-refractivity contribution in [1.29, 1.82) is 0 Å². The Morgan fingerprint density at radius 3 is 2.68 bits per heavy atom. The second-order valence-electron chi connectivity index (χ2n) is 9.52. The molecule has 6 nitrogen and oxygen atoms in total. The summed E-state index contributed by atoms with van der Waals surface area (Å²) >= 11 is 0. The molecule has 6 heteroatoms. The van der Waals surface area contributed by atoms with Crippen LogP contribution in [-0.2, 0) is 11.8 Å². The van der Waals surface area contributed by atoms with Crippen LogP contribution in [0, 0.1) is 5.41 Å². The molecule has 3 aromatic rings. The van der Waals surface area contributed by atoms with E-state index in [1.54, 1.807) is 0 Å². The number of benzene rings is 1. The number of nitrogens with one attached hydrogen (secondary N) is 2. The number of aromatic amines is 1. The van der Waals surface area contributed by atoms with Crippen molar-refractivity contribution in [1.82, 2.24) is 25.3 Å². The maximum absolute atomic E-state index is 12.9. The summed E-state index contributed by atoms with van der Waals surface area (Å²) in [7, 11) is 0. The van der Waals surface area contributed by atoms with Crippen LogP contribution in [0.25, 0.3) is 11.0 Å². The highest BCUT2D eigenvalue weighted by Crippen LogP contribution is 2.40. The van der Waals surface area contributed by atoms with Crippen molar-refractivity contribution in [2.75, 3.05) is 0 Å². The fraction of sp³-hybridized carbons (Fsp3) is 0.455. The first-order valence-electron chi connectivity index (χ1n) is 9.74. The van der Waals surface area contributed by atoms with Gasteiger partial charge in [0.05, 0.1) is 17.1 Å². The summed E-state index contributed by atoms with van der Waals surface area (Å²) in [5.74, 6) is 0.967. The van der Waals surface area contributed by atoms with Crippen molar-refractivity contribution < 1.29 is 4.79 Å². The van der Waals surface area contributed by atoms with Crippen molar-refractivity contribution in [3.8, 4) is 0 Å². The third-order valence-corrected chi connectivity index (χ3v) is 5.26. The molecular weight excluding hydrogens is 350 g/mol. The Hall–Kier alpha value is -2.76. The number of rotatable bonds is 2. The lowest BCUT2D eigenvalue weighted by molar-refractivity contribution is 0.0909. The first kappa shape index (κ1) is 18.6. The van der Waals surface area contributed by atoms with E-state index in [4.69, 9.17) is 4.98 Å². The topological polar surface area (TPSA) is 83.6 Å². The van der Waals surface area contributed by atoms with Gasteiger partial charge in [-0.3, -0.25) is 4.79 Å². The summed E-state index contributed by atoms with van der Waals surface area (Å²) in [5, 5.41) is 3.15. The summed E-state index contributed by atoms with van der Waals surface area (Å²) in [6.45, 7) is 10.8. The minimum atomic E-state index is -0.204. The van der Waals surface area contributed by atoms with Crippen molar-refractivity contribution in [2.24, 2.45) is 5.41 Å². The zero-order chi connectivity index (χ0) is 20.1. The van der Waals surface area contributed by atoms with Gasteiger partial charge in [-0.1, -0.05) is 46.8 Å². The average molecular weight is 377 g/mol. The number of carbonyl (C=O) groups excluding carboxylic acids is 1. The number of hydrogen-bond donors (Lipinski definition) is 2. The van der Waals surface area contributed by atoms with E-state index in [1.165, 1.54) is 0 Å². The summed E-state index contributed by atoms with van der Waals surface area (Å²) in [5.41, 5.74) is 3.62. The monoisotopic (exact) mass is 377 g/mol. The van der Waals surface area contributed by atoms with Gasteiger partial charge in [-0.2, -0.15) is 0 Å². The van der Waals surface area contributed by atoms with Gasteiger partial charge in [-0.25, -0.2) is 15.0 Å². The zero-order valence-electron chi connectivity index (χ0n) is 17.1. The van der Waals surface area contributed by atoms with E-state index in [0.29, 0.717) is 5.82 Å². The molecule has 2 aromatic heterocycles. The molecule has 0 saturated carbocycles. The van der Waals surface area contributed by atoms with Crippen LogP contribution in [0.3, 0.4) is 0 Å². The molecule has 0 spiro atoms. The minimum Gasteiger partial charge on any atom is -0.342 e. The normalized spacial score (nSPS) is 18.7. The van der Waals surface area contributed by atoms with Crippen LogP contribution in [0.4, 0.5) is 0 Å². The van der Waals surface area contributed by atoms with Crippen molar-refractivity contribution in [2.45, 2.75) is 58.9 Å². The summed E-state index contributed by atoms with van der Waals surface area (Å²) in [4.78, 5) is 29.9. The molecule has 28 heavy (non-hydrogen) atoms. The second kappa shape index (κ2) is 6.40. The quantitative estimate of drug-likeness (QED) is 0.704. The van der Waals surface area contributed by atoms with Crippen LogP contribution in [0.2, 0.25) is 0 Å². The van der Waals surface area contributed by atoms with E-state index in [9.17, 15) is 4.79 Å². The maximum Gasteiger partial charge on any atom is 0.287 e. The molecule has 1 amide bonds. The Labute approximate surface area is 165 Å². The lowest BCUT2D eigenvalue weighted by Crippen LogP contribution is -2.38. The standard InChI is InChI=1S/C22H27N5O/c1-21(2,3)20-23-12-13-16(10-22(4,5)11-17(13)27-20)26-19(28)18-24-14-8-6-7-9-15(14)25-18/h6-9,12,16H,10-11H2,1-5H3,(H,24,25)(H,26,28)/t16-/m1/s1. The number of amides is 1. The Bertz CT molecular complexity index is 1010. The van der Waals surface area contributed by atoms with Crippen molar-refractivity contribution in [3.05, 3.63) is 53.4 Å². The van der Waals surface area contributed by atoms with Crippen LogP contribution in [0.15, 0.2) is 30.5 Å². The van der Waals surface area contributed by atoms with Gasteiger partial charge in [0, 0.05) is 22.9 Å². The highest BCUT2D eigenvalue weighted by molar-refractivity contribution is 5.94. The third-order valence-electron chi connectivity index (χ3n) is 5.26. The Morgan fingerprint density at radius 1 is 1.21 bits per heavy atom. The Balaban J connectivity index is 1.65. The van der Waals surface area contributed by atoms with Crippen LogP contribution < -0.4 is 5.32 Å². The maximum atomic E-state index is 12.9. The largest absolute Gasteiger partial charge is 0.342 e. The van der Waals surface area contributed by atoms with E-state index in [-0.39, 0.29) is 22.8 Å². The molecule has 1 aliphatic rings. The van der Waals surface area contributed by atoms with Gasteiger partial charge in [0.2, 0.25) is 0 Å². The zero-order valence-corrected chi connectivity index (χ0v) is 17.1. The summed E-state index contributed by atoms with van der Waals surface area (Å²) in [6.07, 6.45) is 3.61. The van der Waals surface area contributed by atoms with Gasteiger partial charge in [-0.05, 0) is 30.4 Å². The minimum absolute atomic E-state index is 0.0440. The Morgan fingerprint density at radius 2 is 1.96 bits per heavy atom. The lowest BCUT2D eigenvalue weighted by Gasteiger charge is -2.37. The number of aromatic nitrogens is 4. The highest BCUT2D eigenvalue weighted by atomic mass is 16.2. The molecule has 4 rings (SSSR count). The molecule has 2 heterocycles. The van der Waals surface area contributed by atoms with E-state index in [0.717, 1.165) is 41.0 Å². The number of hydrogen-bond acceptors (Lipinski definition) is 4. The fourth-order valence-electron chi connectivity index (χ4n) is 3.82. The SMILES string of the molecule is CC1(C)Cc2nc(C(C)(C)C)ncc2[C@H](NC(=O)c2nc3ccccc3[nH]2)C1. The smallest absolute Gasteiger partial charge is 0.287 e. The third kappa shape index (κ3) is 3.51. The summed E-state index contributed by atoms with van der Waals surface area (Å²) in [6, 6.07) is 7.51. The molecule has 1 aromatic carbocycles. The molecule has 0 fully saturated rings. The molecule has 146 valence electrons. The number of imidazole rings is 1. The van der Waals surface area contributed by atoms with Gasteiger partial charge >= 0.3 is 0 Å². The van der Waals surface area contributed by atoms with Crippen LogP contribution in [-0.4, -0.2) is 25.8 Å².